The van der Waals surface area contributed by atoms with Gasteiger partial charge in [-0.25, -0.2) is 12.7 Å². The molecule has 0 unspecified atom stereocenters. The highest BCUT2D eigenvalue weighted by Gasteiger charge is 2.45. The fraction of sp³-hybridized carbons (Fsp3) is 0.857. The van der Waals surface area contributed by atoms with Crippen LogP contribution in [0.2, 0.25) is 0 Å². The summed E-state index contributed by atoms with van der Waals surface area (Å²) in [7, 11) is -2.20. The molecule has 0 spiro atoms. The lowest BCUT2D eigenvalue weighted by Gasteiger charge is -2.13. The third-order valence-corrected chi connectivity index (χ3v) is 3.46. The molecule has 0 radical (unpaired) electrons. The molecule has 2 atom stereocenters. The number of rotatable bonds is 3. The Hall–Kier alpha value is -0.620. The highest BCUT2D eigenvalue weighted by Crippen LogP contribution is 2.39. The van der Waals surface area contributed by atoms with Gasteiger partial charge in [0.25, 0.3) is 0 Å². The standard InChI is InChI=1S/C7H13NO4S/c1-8(13(2,11)12)7(10)6-3-5(6)4-9/h5-6,9H,3-4H2,1-2H3/t5-,6+/m0/s1. The van der Waals surface area contributed by atoms with Gasteiger partial charge in [0.1, 0.15) is 0 Å². The number of hydrogen-bond acceptors (Lipinski definition) is 4. The van der Waals surface area contributed by atoms with Gasteiger partial charge in [-0.05, 0) is 12.3 Å². The molecule has 1 aliphatic carbocycles. The summed E-state index contributed by atoms with van der Waals surface area (Å²) in [5.41, 5.74) is 0. The molecule has 5 nitrogen and oxygen atoms in total. The first-order chi connectivity index (χ1) is 5.88. The molecule has 0 saturated heterocycles. The zero-order valence-electron chi connectivity index (χ0n) is 7.60. The molecule has 1 aliphatic rings. The van der Waals surface area contributed by atoms with Gasteiger partial charge in [-0.3, -0.25) is 4.79 Å². The second kappa shape index (κ2) is 3.26. The van der Waals surface area contributed by atoms with Crippen molar-refractivity contribution in [1.82, 2.24) is 4.31 Å². The van der Waals surface area contributed by atoms with Crippen molar-refractivity contribution in [2.75, 3.05) is 19.9 Å². The van der Waals surface area contributed by atoms with Crippen LogP contribution in [0.1, 0.15) is 6.42 Å². The second-order valence-electron chi connectivity index (χ2n) is 3.35. The first-order valence-corrected chi connectivity index (χ1v) is 5.81. The minimum Gasteiger partial charge on any atom is -0.396 e. The zero-order chi connectivity index (χ0) is 10.2. The fourth-order valence-corrected chi connectivity index (χ4v) is 1.61. The molecule has 1 fully saturated rings. The Bertz CT molecular complexity index is 310. The van der Waals surface area contributed by atoms with E-state index in [-0.39, 0.29) is 18.4 Å². The molecule has 0 aliphatic heterocycles. The lowest BCUT2D eigenvalue weighted by molar-refractivity contribution is -0.127. The maximum absolute atomic E-state index is 11.4. The van der Waals surface area contributed by atoms with Crippen molar-refractivity contribution >= 4 is 15.9 Å². The summed E-state index contributed by atoms with van der Waals surface area (Å²) in [6, 6.07) is 0. The van der Waals surface area contributed by atoms with Gasteiger partial charge >= 0.3 is 0 Å². The zero-order valence-corrected chi connectivity index (χ0v) is 8.41. The number of hydrogen-bond donors (Lipinski definition) is 1. The number of sulfonamides is 1. The molecule has 13 heavy (non-hydrogen) atoms. The van der Waals surface area contributed by atoms with E-state index in [2.05, 4.69) is 0 Å². The molecule has 0 aromatic rings. The molecule has 0 aromatic carbocycles. The van der Waals surface area contributed by atoms with Crippen molar-refractivity contribution < 1.29 is 18.3 Å². The van der Waals surface area contributed by atoms with Crippen LogP contribution in [-0.4, -0.2) is 43.6 Å². The Balaban J connectivity index is 2.61. The van der Waals surface area contributed by atoms with Crippen LogP contribution in [0.15, 0.2) is 0 Å². The Morgan fingerprint density at radius 3 is 2.46 bits per heavy atom. The van der Waals surface area contributed by atoms with E-state index in [1.165, 1.54) is 7.05 Å². The van der Waals surface area contributed by atoms with E-state index in [0.717, 1.165) is 10.6 Å². The van der Waals surface area contributed by atoms with Crippen LogP contribution in [0, 0.1) is 11.8 Å². The minimum atomic E-state index is -3.44. The smallest absolute Gasteiger partial charge is 0.239 e. The lowest BCUT2D eigenvalue weighted by Crippen LogP contribution is -2.33. The fourth-order valence-electron chi connectivity index (χ4n) is 1.15. The predicted molar refractivity (Wildman–Crippen MR) is 46.3 cm³/mol. The van der Waals surface area contributed by atoms with E-state index in [0.29, 0.717) is 6.42 Å². The first-order valence-electron chi connectivity index (χ1n) is 3.96. The topological polar surface area (TPSA) is 74.7 Å². The van der Waals surface area contributed by atoms with Gasteiger partial charge in [-0.15, -0.1) is 0 Å². The SMILES string of the molecule is CN(C(=O)[C@@H]1C[C@H]1CO)S(C)(=O)=O. The number of nitrogens with zero attached hydrogens (tertiary/aromatic N) is 1. The van der Waals surface area contributed by atoms with Gasteiger partial charge in [0.05, 0.1) is 6.26 Å². The summed E-state index contributed by atoms with van der Waals surface area (Å²) >= 11 is 0. The van der Waals surface area contributed by atoms with Gasteiger partial charge in [0.15, 0.2) is 0 Å². The van der Waals surface area contributed by atoms with E-state index in [1.54, 1.807) is 0 Å². The molecule has 0 aromatic heterocycles. The summed E-state index contributed by atoms with van der Waals surface area (Å²) in [5, 5.41) is 8.69. The second-order valence-corrected chi connectivity index (χ2v) is 5.37. The van der Waals surface area contributed by atoms with Gasteiger partial charge in [-0.1, -0.05) is 0 Å². The third kappa shape index (κ3) is 2.19. The molecular weight excluding hydrogens is 194 g/mol. The summed E-state index contributed by atoms with van der Waals surface area (Å²) in [6.07, 6.45) is 1.58. The maximum Gasteiger partial charge on any atom is 0.239 e. The minimum absolute atomic E-state index is 0.0447. The summed E-state index contributed by atoms with van der Waals surface area (Å²) in [6.45, 7) is -0.0476. The number of amides is 1. The number of carbonyl (C=O) groups excluding carboxylic acids is 1. The van der Waals surface area contributed by atoms with Crippen molar-refractivity contribution in [3.8, 4) is 0 Å². The Morgan fingerprint density at radius 1 is 1.62 bits per heavy atom. The lowest BCUT2D eigenvalue weighted by atomic mass is 10.3. The number of carbonyl (C=O) groups is 1. The van der Waals surface area contributed by atoms with Crippen molar-refractivity contribution in [3.63, 3.8) is 0 Å². The van der Waals surface area contributed by atoms with Crippen LogP contribution in [0.4, 0.5) is 0 Å². The molecule has 76 valence electrons. The third-order valence-electron chi connectivity index (χ3n) is 2.28. The Labute approximate surface area is 77.4 Å². The van der Waals surface area contributed by atoms with Crippen LogP contribution < -0.4 is 0 Å². The molecule has 6 heteroatoms. The summed E-state index contributed by atoms with van der Waals surface area (Å²) < 4.78 is 22.6. The average Bonchev–Trinajstić information content (AvgIpc) is 2.78. The van der Waals surface area contributed by atoms with Crippen LogP contribution in [0.5, 0.6) is 0 Å². The van der Waals surface area contributed by atoms with Crippen molar-refractivity contribution in [3.05, 3.63) is 0 Å². The van der Waals surface area contributed by atoms with Crippen molar-refractivity contribution in [2.24, 2.45) is 11.8 Å². The van der Waals surface area contributed by atoms with E-state index in [1.807, 2.05) is 0 Å². The Kier molecular flexibility index (Phi) is 2.63. The molecular formula is C7H13NO4S. The van der Waals surface area contributed by atoms with Crippen LogP contribution in [0.3, 0.4) is 0 Å². The quantitative estimate of drug-likeness (QED) is 0.646. The predicted octanol–water partition coefficient (Wildman–Crippen LogP) is -0.967. The van der Waals surface area contributed by atoms with E-state index in [4.69, 9.17) is 5.11 Å². The molecule has 0 bridgehead atoms. The summed E-state index contributed by atoms with van der Waals surface area (Å²) in [5.74, 6) is -0.761. The van der Waals surface area contributed by atoms with Crippen LogP contribution >= 0.6 is 0 Å². The molecule has 0 heterocycles. The average molecular weight is 207 g/mol. The van der Waals surface area contributed by atoms with Crippen molar-refractivity contribution in [2.45, 2.75) is 6.42 Å². The number of aliphatic hydroxyl groups is 1. The highest BCUT2D eigenvalue weighted by atomic mass is 32.2. The molecule has 1 amide bonds. The molecule has 1 N–H and O–H groups in total. The monoisotopic (exact) mass is 207 g/mol. The molecule has 1 saturated carbocycles. The van der Waals surface area contributed by atoms with E-state index < -0.39 is 15.9 Å². The molecule has 1 rings (SSSR count). The summed E-state index contributed by atoms with van der Waals surface area (Å²) in [4.78, 5) is 11.4. The van der Waals surface area contributed by atoms with Crippen LogP contribution in [-0.2, 0) is 14.8 Å². The van der Waals surface area contributed by atoms with Crippen LogP contribution in [0.25, 0.3) is 0 Å². The van der Waals surface area contributed by atoms with Gasteiger partial charge in [-0.2, -0.15) is 0 Å². The highest BCUT2D eigenvalue weighted by molar-refractivity contribution is 7.88. The largest absolute Gasteiger partial charge is 0.396 e. The van der Waals surface area contributed by atoms with Gasteiger partial charge in [0.2, 0.25) is 15.9 Å². The van der Waals surface area contributed by atoms with Gasteiger partial charge < -0.3 is 5.11 Å². The van der Waals surface area contributed by atoms with Gasteiger partial charge in [0, 0.05) is 19.6 Å². The van der Waals surface area contributed by atoms with E-state index in [9.17, 15) is 13.2 Å². The first kappa shape index (κ1) is 10.5. The van der Waals surface area contributed by atoms with E-state index >= 15 is 0 Å². The number of aliphatic hydroxyl groups excluding tert-OH is 1. The normalized spacial score (nSPS) is 27.0. The Morgan fingerprint density at radius 2 is 2.15 bits per heavy atom. The maximum atomic E-state index is 11.4. The van der Waals surface area contributed by atoms with Crippen molar-refractivity contribution in [1.29, 1.82) is 0 Å².